The number of para-hydroxylation sites is 3. The van der Waals surface area contributed by atoms with Crippen LogP contribution in [0, 0.1) is 5.92 Å². The van der Waals surface area contributed by atoms with Gasteiger partial charge in [-0.3, -0.25) is 9.59 Å². The second-order valence-electron chi connectivity index (χ2n) is 8.01. The fourth-order valence-corrected chi connectivity index (χ4v) is 4.38. The number of anilines is 1. The highest BCUT2D eigenvalue weighted by Gasteiger charge is 2.21. The van der Waals surface area contributed by atoms with Crippen LogP contribution in [0.5, 0.6) is 0 Å². The summed E-state index contributed by atoms with van der Waals surface area (Å²) in [4.78, 5) is 29.9. The Morgan fingerprint density at radius 3 is 2.58 bits per heavy atom. The van der Waals surface area contributed by atoms with E-state index >= 15 is 0 Å². The lowest BCUT2D eigenvalue weighted by Gasteiger charge is -2.20. The van der Waals surface area contributed by atoms with Gasteiger partial charge in [0.15, 0.2) is 0 Å². The van der Waals surface area contributed by atoms with Crippen molar-refractivity contribution < 1.29 is 9.59 Å². The Labute approximate surface area is 187 Å². The van der Waals surface area contributed by atoms with Crippen LogP contribution in [0.15, 0.2) is 48.5 Å². The zero-order valence-corrected chi connectivity index (χ0v) is 18.2. The molecule has 0 aliphatic heterocycles. The number of fused-ring (bicyclic) bond motifs is 1. The number of nitrogens with zero attached hydrogens (tertiary/aromatic N) is 2. The van der Waals surface area contributed by atoms with E-state index in [0.717, 1.165) is 42.5 Å². The van der Waals surface area contributed by atoms with Crippen LogP contribution in [0.1, 0.15) is 37.9 Å². The van der Waals surface area contributed by atoms with E-state index in [4.69, 9.17) is 16.6 Å². The molecule has 0 spiro atoms. The van der Waals surface area contributed by atoms with Crippen molar-refractivity contribution in [3.8, 4) is 0 Å². The van der Waals surface area contributed by atoms with Gasteiger partial charge in [-0.2, -0.15) is 0 Å². The van der Waals surface area contributed by atoms with Crippen molar-refractivity contribution in [3.05, 3.63) is 59.4 Å². The van der Waals surface area contributed by atoms with E-state index in [1.807, 2.05) is 41.0 Å². The molecule has 1 heterocycles. The highest BCUT2D eigenvalue weighted by Crippen LogP contribution is 2.24. The van der Waals surface area contributed by atoms with Gasteiger partial charge in [0.05, 0.1) is 21.7 Å². The Balaban J connectivity index is 1.44. The van der Waals surface area contributed by atoms with E-state index in [-0.39, 0.29) is 24.3 Å². The number of hydrogen-bond acceptors (Lipinski definition) is 3. The Morgan fingerprint density at radius 2 is 1.77 bits per heavy atom. The van der Waals surface area contributed by atoms with Crippen LogP contribution in [-0.2, 0) is 22.6 Å². The summed E-state index contributed by atoms with van der Waals surface area (Å²) in [6.45, 7) is 0.627. The van der Waals surface area contributed by atoms with E-state index in [1.54, 1.807) is 12.1 Å². The summed E-state index contributed by atoms with van der Waals surface area (Å²) in [5.41, 5.74) is 2.31. The lowest BCUT2D eigenvalue weighted by molar-refractivity contribution is -0.125. The molecule has 2 N–H and O–H groups in total. The number of amides is 2. The summed E-state index contributed by atoms with van der Waals surface area (Å²) in [6, 6.07) is 14.9. The van der Waals surface area contributed by atoms with Gasteiger partial charge in [-0.05, 0) is 37.1 Å². The monoisotopic (exact) mass is 438 g/mol. The normalized spacial score (nSPS) is 14.5. The minimum absolute atomic E-state index is 0.123. The molecular formula is C24H27ClN4O2. The van der Waals surface area contributed by atoms with E-state index in [1.165, 1.54) is 6.42 Å². The molecule has 3 aromatic rings. The van der Waals surface area contributed by atoms with Gasteiger partial charge in [-0.25, -0.2) is 4.98 Å². The first-order valence-corrected chi connectivity index (χ1v) is 11.3. The lowest BCUT2D eigenvalue weighted by Crippen LogP contribution is -2.33. The van der Waals surface area contributed by atoms with Crippen molar-refractivity contribution in [1.29, 1.82) is 0 Å². The quantitative estimate of drug-likeness (QED) is 0.567. The first-order chi connectivity index (χ1) is 15.1. The summed E-state index contributed by atoms with van der Waals surface area (Å²) >= 11 is 6.16. The number of imidazole rings is 1. The zero-order chi connectivity index (χ0) is 21.6. The number of carbonyl (C=O) groups excluding carboxylic acids is 2. The molecule has 0 bridgehead atoms. The van der Waals surface area contributed by atoms with Crippen LogP contribution in [0.3, 0.4) is 0 Å². The van der Waals surface area contributed by atoms with Crippen molar-refractivity contribution in [3.63, 3.8) is 0 Å². The van der Waals surface area contributed by atoms with Gasteiger partial charge in [0, 0.05) is 18.9 Å². The van der Waals surface area contributed by atoms with E-state index < -0.39 is 0 Å². The second-order valence-corrected chi connectivity index (χ2v) is 8.41. The van der Waals surface area contributed by atoms with Crippen molar-refractivity contribution in [2.24, 2.45) is 5.92 Å². The number of rotatable bonds is 7. The molecule has 31 heavy (non-hydrogen) atoms. The number of hydrogen-bond donors (Lipinski definition) is 2. The first kappa shape index (κ1) is 21.4. The molecule has 0 atom stereocenters. The number of nitrogens with one attached hydrogen (secondary N) is 2. The predicted molar refractivity (Wildman–Crippen MR) is 123 cm³/mol. The number of carbonyl (C=O) groups is 2. The standard InChI is InChI=1S/C24H27ClN4O2/c25-18-10-4-5-11-19(18)28-23(30)16-29-21-13-7-6-12-20(21)27-22(29)14-15-26-24(31)17-8-2-1-3-9-17/h4-7,10-13,17H,1-3,8-9,14-16H2,(H,26,31)(H,28,30). The maximum Gasteiger partial charge on any atom is 0.244 e. The van der Waals surface area contributed by atoms with Crippen molar-refractivity contribution in [1.82, 2.24) is 14.9 Å². The summed E-state index contributed by atoms with van der Waals surface area (Å²) < 4.78 is 1.91. The van der Waals surface area contributed by atoms with Gasteiger partial charge >= 0.3 is 0 Å². The molecule has 0 unspecified atom stereocenters. The van der Waals surface area contributed by atoms with Crippen LogP contribution in [0.4, 0.5) is 5.69 Å². The van der Waals surface area contributed by atoms with Crippen molar-refractivity contribution in [2.75, 3.05) is 11.9 Å². The largest absolute Gasteiger partial charge is 0.355 e. The summed E-state index contributed by atoms with van der Waals surface area (Å²) in [7, 11) is 0. The van der Waals surface area contributed by atoms with Gasteiger partial charge < -0.3 is 15.2 Å². The minimum atomic E-state index is -0.177. The maximum atomic E-state index is 12.7. The summed E-state index contributed by atoms with van der Waals surface area (Å²) in [5, 5.41) is 6.43. The fraction of sp³-hybridized carbons (Fsp3) is 0.375. The third-order valence-corrected chi connectivity index (χ3v) is 6.14. The third-order valence-electron chi connectivity index (χ3n) is 5.81. The van der Waals surface area contributed by atoms with Gasteiger partial charge in [0.25, 0.3) is 0 Å². The summed E-state index contributed by atoms with van der Waals surface area (Å²) in [5.74, 6) is 0.871. The smallest absolute Gasteiger partial charge is 0.244 e. The molecule has 1 fully saturated rings. The van der Waals surface area contributed by atoms with E-state index in [0.29, 0.717) is 23.7 Å². The Kier molecular flexibility index (Phi) is 6.87. The number of benzene rings is 2. The highest BCUT2D eigenvalue weighted by atomic mass is 35.5. The van der Waals surface area contributed by atoms with Crippen LogP contribution in [0.25, 0.3) is 11.0 Å². The summed E-state index contributed by atoms with van der Waals surface area (Å²) in [6.07, 6.45) is 6.01. The van der Waals surface area contributed by atoms with Gasteiger partial charge in [0.1, 0.15) is 12.4 Å². The lowest BCUT2D eigenvalue weighted by atomic mass is 9.89. The molecule has 0 radical (unpaired) electrons. The molecule has 0 saturated heterocycles. The number of halogens is 1. The van der Waals surface area contributed by atoms with Crippen molar-refractivity contribution >= 4 is 40.1 Å². The molecule has 4 rings (SSSR count). The Morgan fingerprint density at radius 1 is 1.03 bits per heavy atom. The molecule has 1 aliphatic carbocycles. The molecule has 6 nitrogen and oxygen atoms in total. The van der Waals surface area contributed by atoms with Gasteiger partial charge in [-0.15, -0.1) is 0 Å². The average Bonchev–Trinajstić information content (AvgIpc) is 3.13. The van der Waals surface area contributed by atoms with Crippen LogP contribution in [-0.4, -0.2) is 27.9 Å². The fourth-order valence-electron chi connectivity index (χ4n) is 4.20. The molecule has 162 valence electrons. The van der Waals surface area contributed by atoms with E-state index in [2.05, 4.69) is 10.6 Å². The molecule has 7 heteroatoms. The molecule has 2 aromatic carbocycles. The predicted octanol–water partition coefficient (Wildman–Crippen LogP) is 4.57. The van der Waals surface area contributed by atoms with Gasteiger partial charge in [0.2, 0.25) is 11.8 Å². The first-order valence-electron chi connectivity index (χ1n) is 10.9. The topological polar surface area (TPSA) is 76.0 Å². The van der Waals surface area contributed by atoms with Crippen LogP contribution < -0.4 is 10.6 Å². The average molecular weight is 439 g/mol. The second kappa shape index (κ2) is 9.96. The minimum Gasteiger partial charge on any atom is -0.355 e. The van der Waals surface area contributed by atoms with Crippen molar-refractivity contribution in [2.45, 2.75) is 45.1 Å². The number of aromatic nitrogens is 2. The molecule has 2 amide bonds. The molecule has 1 aromatic heterocycles. The van der Waals surface area contributed by atoms with Gasteiger partial charge in [-0.1, -0.05) is 55.1 Å². The van der Waals surface area contributed by atoms with E-state index in [9.17, 15) is 9.59 Å². The van der Waals surface area contributed by atoms with Crippen LogP contribution in [0.2, 0.25) is 5.02 Å². The molecular weight excluding hydrogens is 412 g/mol. The van der Waals surface area contributed by atoms with Crippen LogP contribution >= 0.6 is 11.6 Å². The third kappa shape index (κ3) is 5.25. The molecule has 1 saturated carbocycles. The maximum absolute atomic E-state index is 12.7. The zero-order valence-electron chi connectivity index (χ0n) is 17.4. The Hall–Kier alpha value is -2.86. The Bertz CT molecular complexity index is 1070. The SMILES string of the molecule is O=C(Cn1c(CCNC(=O)C2CCCCC2)nc2ccccc21)Nc1ccccc1Cl. The highest BCUT2D eigenvalue weighted by molar-refractivity contribution is 6.33. The molecule has 1 aliphatic rings.